The van der Waals surface area contributed by atoms with Gasteiger partial charge in [0.15, 0.2) is 0 Å². The predicted octanol–water partition coefficient (Wildman–Crippen LogP) is 3.45. The van der Waals surface area contributed by atoms with Crippen LogP contribution in [0.4, 0.5) is 0 Å². The minimum Gasteiger partial charge on any atom is -0.312 e. The molecule has 2 aromatic carbocycles. The van der Waals surface area contributed by atoms with Crippen LogP contribution in [0.3, 0.4) is 0 Å². The van der Waals surface area contributed by atoms with Gasteiger partial charge in [0.1, 0.15) is 0 Å². The van der Waals surface area contributed by atoms with Gasteiger partial charge >= 0.3 is 0 Å². The summed E-state index contributed by atoms with van der Waals surface area (Å²) in [7, 11) is 0. The Balaban J connectivity index is 1.81. The van der Waals surface area contributed by atoms with Crippen LogP contribution in [-0.2, 0) is 6.54 Å². The van der Waals surface area contributed by atoms with Gasteiger partial charge in [0.25, 0.3) is 0 Å². The van der Waals surface area contributed by atoms with Crippen molar-refractivity contribution in [2.24, 2.45) is 0 Å². The molecule has 2 aromatic rings. The first-order valence-corrected chi connectivity index (χ1v) is 6.54. The minimum atomic E-state index is 0.500. The maximum Gasteiger partial charge on any atom is 0.0991 e. The van der Waals surface area contributed by atoms with E-state index >= 15 is 0 Å². The van der Waals surface area contributed by atoms with Gasteiger partial charge in [0.2, 0.25) is 0 Å². The van der Waals surface area contributed by atoms with Crippen molar-refractivity contribution in [1.82, 2.24) is 5.32 Å². The topological polar surface area (TPSA) is 35.8 Å². The fourth-order valence-electron chi connectivity index (χ4n) is 2.03. The quantitative estimate of drug-likeness (QED) is 0.882. The molecule has 0 spiro atoms. The van der Waals surface area contributed by atoms with E-state index in [1.807, 2.05) is 30.3 Å². The van der Waals surface area contributed by atoms with Gasteiger partial charge in [0, 0.05) is 13.1 Å². The summed E-state index contributed by atoms with van der Waals surface area (Å²) in [5.41, 5.74) is 3.27. The van der Waals surface area contributed by atoms with Crippen molar-refractivity contribution in [3.8, 4) is 6.07 Å². The van der Waals surface area contributed by atoms with Crippen LogP contribution >= 0.6 is 0 Å². The lowest BCUT2D eigenvalue weighted by Crippen LogP contribution is -2.19. The number of hydrogen-bond acceptors (Lipinski definition) is 2. The molecule has 0 saturated heterocycles. The molecule has 0 aliphatic carbocycles. The highest BCUT2D eigenvalue weighted by Gasteiger charge is 2.03. The number of rotatable bonds is 5. The highest BCUT2D eigenvalue weighted by molar-refractivity contribution is 5.31. The summed E-state index contributed by atoms with van der Waals surface area (Å²) in [6.45, 7) is 4.01. The fourth-order valence-corrected chi connectivity index (χ4v) is 2.03. The molecular weight excluding hydrogens is 232 g/mol. The number of hydrogen-bond donors (Lipinski definition) is 1. The molecular formula is C17H18N2. The second-order valence-electron chi connectivity index (χ2n) is 4.75. The Morgan fingerprint density at radius 3 is 2.37 bits per heavy atom. The van der Waals surface area contributed by atoms with Gasteiger partial charge in [0.05, 0.1) is 11.6 Å². The molecule has 2 rings (SSSR count). The van der Waals surface area contributed by atoms with Crippen molar-refractivity contribution >= 4 is 0 Å². The standard InChI is InChI=1S/C17H18N2/c1-14(17-5-3-2-4-6-17)12-19-13-16-9-7-15(11-18)8-10-16/h2-10,14,19H,12-13H2,1H3. The second kappa shape index (κ2) is 6.72. The summed E-state index contributed by atoms with van der Waals surface area (Å²) in [6, 6.07) is 20.4. The van der Waals surface area contributed by atoms with E-state index in [1.165, 1.54) is 11.1 Å². The Morgan fingerprint density at radius 2 is 1.74 bits per heavy atom. The van der Waals surface area contributed by atoms with Gasteiger partial charge in [-0.25, -0.2) is 0 Å². The van der Waals surface area contributed by atoms with E-state index in [0.29, 0.717) is 11.5 Å². The van der Waals surface area contributed by atoms with Crippen molar-refractivity contribution in [3.63, 3.8) is 0 Å². The number of nitrogens with zero attached hydrogens (tertiary/aromatic N) is 1. The van der Waals surface area contributed by atoms with E-state index in [9.17, 15) is 0 Å². The average Bonchev–Trinajstić information content (AvgIpc) is 2.49. The van der Waals surface area contributed by atoms with E-state index in [0.717, 1.165) is 13.1 Å². The number of nitriles is 1. The van der Waals surface area contributed by atoms with Crippen LogP contribution in [0.25, 0.3) is 0 Å². The lowest BCUT2D eigenvalue weighted by Gasteiger charge is -2.13. The smallest absolute Gasteiger partial charge is 0.0991 e. The summed E-state index contributed by atoms with van der Waals surface area (Å²) >= 11 is 0. The molecule has 0 heterocycles. The van der Waals surface area contributed by atoms with Crippen molar-refractivity contribution in [1.29, 1.82) is 5.26 Å². The Kier molecular flexibility index (Phi) is 4.72. The van der Waals surface area contributed by atoms with Crippen LogP contribution in [0.2, 0.25) is 0 Å². The summed E-state index contributed by atoms with van der Waals surface area (Å²) in [5.74, 6) is 0.500. The largest absolute Gasteiger partial charge is 0.312 e. The van der Waals surface area contributed by atoms with E-state index in [1.54, 1.807) is 0 Å². The first-order valence-electron chi connectivity index (χ1n) is 6.54. The Morgan fingerprint density at radius 1 is 1.05 bits per heavy atom. The molecule has 2 heteroatoms. The SMILES string of the molecule is CC(CNCc1ccc(C#N)cc1)c1ccccc1. The third-order valence-corrected chi connectivity index (χ3v) is 3.23. The lowest BCUT2D eigenvalue weighted by molar-refractivity contribution is 0.615. The molecule has 1 N–H and O–H groups in total. The van der Waals surface area contributed by atoms with E-state index < -0.39 is 0 Å². The first kappa shape index (κ1) is 13.3. The van der Waals surface area contributed by atoms with Crippen LogP contribution < -0.4 is 5.32 Å². The van der Waals surface area contributed by atoms with Gasteiger partial charge in [-0.2, -0.15) is 5.26 Å². The molecule has 0 saturated carbocycles. The Hall–Kier alpha value is -2.11. The molecule has 0 bridgehead atoms. The molecule has 0 aromatic heterocycles. The van der Waals surface area contributed by atoms with Crippen molar-refractivity contribution < 1.29 is 0 Å². The van der Waals surface area contributed by atoms with Crippen LogP contribution in [0, 0.1) is 11.3 Å². The monoisotopic (exact) mass is 250 g/mol. The summed E-state index contributed by atoms with van der Waals surface area (Å²) in [6.07, 6.45) is 0. The summed E-state index contributed by atoms with van der Waals surface area (Å²) in [4.78, 5) is 0. The lowest BCUT2D eigenvalue weighted by atomic mass is 10.0. The molecule has 0 radical (unpaired) electrons. The van der Waals surface area contributed by atoms with Crippen LogP contribution in [0.5, 0.6) is 0 Å². The predicted molar refractivity (Wildman–Crippen MR) is 77.7 cm³/mol. The van der Waals surface area contributed by atoms with Crippen LogP contribution in [0.15, 0.2) is 54.6 Å². The highest BCUT2D eigenvalue weighted by Crippen LogP contribution is 2.13. The normalized spacial score (nSPS) is 11.8. The van der Waals surface area contributed by atoms with Gasteiger partial charge in [-0.15, -0.1) is 0 Å². The molecule has 19 heavy (non-hydrogen) atoms. The zero-order valence-corrected chi connectivity index (χ0v) is 11.1. The van der Waals surface area contributed by atoms with Gasteiger partial charge in [-0.05, 0) is 29.2 Å². The third-order valence-electron chi connectivity index (χ3n) is 3.23. The molecule has 1 unspecified atom stereocenters. The maximum atomic E-state index is 8.74. The fraction of sp³-hybridized carbons (Fsp3) is 0.235. The molecule has 0 aliphatic rings. The van der Waals surface area contributed by atoms with Gasteiger partial charge in [-0.1, -0.05) is 49.4 Å². The van der Waals surface area contributed by atoms with Gasteiger partial charge in [-0.3, -0.25) is 0 Å². The zero-order valence-electron chi connectivity index (χ0n) is 11.1. The molecule has 96 valence electrons. The van der Waals surface area contributed by atoms with E-state index in [-0.39, 0.29) is 0 Å². The second-order valence-corrected chi connectivity index (χ2v) is 4.75. The minimum absolute atomic E-state index is 0.500. The van der Waals surface area contributed by atoms with Crippen molar-refractivity contribution in [3.05, 3.63) is 71.3 Å². The Bertz CT molecular complexity index is 538. The Labute approximate surface area is 114 Å². The maximum absolute atomic E-state index is 8.74. The van der Waals surface area contributed by atoms with E-state index in [2.05, 4.69) is 42.6 Å². The van der Waals surface area contributed by atoms with E-state index in [4.69, 9.17) is 5.26 Å². The van der Waals surface area contributed by atoms with Crippen molar-refractivity contribution in [2.45, 2.75) is 19.4 Å². The van der Waals surface area contributed by atoms with Crippen LogP contribution in [0.1, 0.15) is 29.5 Å². The first-order chi connectivity index (χ1) is 9.29. The summed E-state index contributed by atoms with van der Waals surface area (Å²) in [5, 5.41) is 12.2. The summed E-state index contributed by atoms with van der Waals surface area (Å²) < 4.78 is 0. The average molecular weight is 250 g/mol. The molecule has 1 atom stereocenters. The molecule has 0 aliphatic heterocycles. The van der Waals surface area contributed by atoms with Crippen molar-refractivity contribution in [2.75, 3.05) is 6.54 Å². The molecule has 0 fully saturated rings. The number of benzene rings is 2. The molecule has 0 amide bonds. The zero-order chi connectivity index (χ0) is 13.5. The van der Waals surface area contributed by atoms with Crippen LogP contribution in [-0.4, -0.2) is 6.54 Å². The highest BCUT2D eigenvalue weighted by atomic mass is 14.9. The van der Waals surface area contributed by atoms with Gasteiger partial charge < -0.3 is 5.32 Å². The number of nitrogens with one attached hydrogen (secondary N) is 1. The molecule has 2 nitrogen and oxygen atoms in total. The third kappa shape index (κ3) is 3.94.